The fourth-order valence-corrected chi connectivity index (χ4v) is 4.07. The Labute approximate surface area is 165 Å². The molecule has 5 rings (SSSR count). The van der Waals surface area contributed by atoms with Gasteiger partial charge in [-0.3, -0.25) is 4.79 Å². The van der Waals surface area contributed by atoms with E-state index in [1.54, 1.807) is 11.3 Å². The third-order valence-electron chi connectivity index (χ3n) is 4.88. The number of carbonyl (C=O) groups is 1. The van der Waals surface area contributed by atoms with Gasteiger partial charge in [-0.2, -0.15) is 0 Å². The largest absolute Gasteiger partial charge is 0.346 e. The van der Waals surface area contributed by atoms with Gasteiger partial charge >= 0.3 is 0 Å². The van der Waals surface area contributed by atoms with E-state index in [4.69, 9.17) is 4.52 Å². The van der Waals surface area contributed by atoms with Gasteiger partial charge in [-0.15, -0.1) is 11.3 Å². The summed E-state index contributed by atoms with van der Waals surface area (Å²) in [6, 6.07) is 11.9. The second kappa shape index (κ2) is 6.83. The number of nitrogens with one attached hydrogen (secondary N) is 1. The smallest absolute Gasteiger partial charge is 0.259 e. The second-order valence-electron chi connectivity index (χ2n) is 7.01. The van der Waals surface area contributed by atoms with Gasteiger partial charge in [0.2, 0.25) is 0 Å². The van der Waals surface area contributed by atoms with Crippen LogP contribution in [-0.2, 0) is 6.54 Å². The van der Waals surface area contributed by atoms with Gasteiger partial charge in [0, 0.05) is 22.6 Å². The highest BCUT2D eigenvalue weighted by atomic mass is 32.1. The first-order valence-corrected chi connectivity index (χ1v) is 10.1. The zero-order valence-corrected chi connectivity index (χ0v) is 16.1. The molecule has 1 aliphatic rings. The quantitative estimate of drug-likeness (QED) is 0.544. The zero-order chi connectivity index (χ0) is 19.1. The van der Waals surface area contributed by atoms with E-state index in [0.29, 0.717) is 34.8 Å². The number of hydrogen-bond acceptors (Lipinski definition) is 6. The maximum atomic E-state index is 12.9. The molecule has 3 aromatic heterocycles. The number of hydrogen-bond donors (Lipinski definition) is 1. The third-order valence-corrected chi connectivity index (χ3v) is 5.82. The molecule has 1 aliphatic carbocycles. The molecule has 0 spiro atoms. The Morgan fingerprint density at radius 2 is 2.07 bits per heavy atom. The maximum Gasteiger partial charge on any atom is 0.259 e. The van der Waals surface area contributed by atoms with Crippen LogP contribution in [0, 0.1) is 6.92 Å². The predicted octanol–water partition coefficient (Wildman–Crippen LogP) is 4.46. The normalized spacial score (nSPS) is 13.8. The molecule has 1 saturated carbocycles. The number of carbonyl (C=O) groups excluding carboxylic acids is 1. The number of thiazole rings is 1. The molecule has 4 aromatic rings. The van der Waals surface area contributed by atoms with E-state index >= 15 is 0 Å². The number of aromatic nitrogens is 3. The molecule has 0 saturated heterocycles. The highest BCUT2D eigenvalue weighted by molar-refractivity contribution is 7.13. The van der Waals surface area contributed by atoms with Gasteiger partial charge in [-0.1, -0.05) is 35.5 Å². The lowest BCUT2D eigenvalue weighted by Gasteiger charge is -2.07. The first kappa shape index (κ1) is 17.1. The molecule has 1 aromatic carbocycles. The monoisotopic (exact) mass is 390 g/mol. The summed E-state index contributed by atoms with van der Waals surface area (Å²) in [6.07, 6.45) is 2.21. The summed E-state index contributed by atoms with van der Waals surface area (Å²) >= 11 is 1.57. The molecule has 1 amide bonds. The highest BCUT2D eigenvalue weighted by Gasteiger charge is 2.28. The molecule has 3 heterocycles. The molecule has 1 fully saturated rings. The first-order valence-electron chi connectivity index (χ1n) is 9.24. The Balaban J connectivity index is 1.37. The second-order valence-corrected chi connectivity index (χ2v) is 7.87. The number of benzene rings is 1. The Hall–Kier alpha value is -3.06. The van der Waals surface area contributed by atoms with E-state index in [-0.39, 0.29) is 5.91 Å². The predicted molar refractivity (Wildman–Crippen MR) is 107 cm³/mol. The van der Waals surface area contributed by atoms with Crippen LogP contribution < -0.4 is 5.32 Å². The summed E-state index contributed by atoms with van der Waals surface area (Å²) in [7, 11) is 0. The Morgan fingerprint density at radius 3 is 2.86 bits per heavy atom. The van der Waals surface area contributed by atoms with Crippen LogP contribution >= 0.6 is 11.3 Å². The third kappa shape index (κ3) is 3.18. The minimum Gasteiger partial charge on any atom is -0.346 e. The van der Waals surface area contributed by atoms with Gasteiger partial charge in [0.25, 0.3) is 11.6 Å². The van der Waals surface area contributed by atoms with Gasteiger partial charge in [-0.25, -0.2) is 9.97 Å². The molecule has 140 valence electrons. The standard InChI is InChI=1S/C21H18N4O2S/c1-12-18-16(9-17(13-7-8-13)24-20(18)27-25-12)19(26)22-10-15-11-28-21(23-15)14-5-3-2-4-6-14/h2-6,9,11,13H,7-8,10H2,1H3,(H,22,26). The molecule has 0 bridgehead atoms. The number of amides is 1. The van der Waals surface area contributed by atoms with E-state index in [0.717, 1.165) is 34.8 Å². The Bertz CT molecular complexity index is 1160. The van der Waals surface area contributed by atoms with Crippen LogP contribution in [0.4, 0.5) is 0 Å². The molecular formula is C21H18N4O2S. The van der Waals surface area contributed by atoms with Crippen LogP contribution in [0.2, 0.25) is 0 Å². The van der Waals surface area contributed by atoms with Crippen LogP contribution in [0.1, 0.15) is 46.2 Å². The van der Waals surface area contributed by atoms with Crippen LogP contribution in [0.5, 0.6) is 0 Å². The minimum atomic E-state index is -0.158. The van der Waals surface area contributed by atoms with Crippen molar-refractivity contribution < 1.29 is 9.32 Å². The molecule has 6 nitrogen and oxygen atoms in total. The van der Waals surface area contributed by atoms with Crippen LogP contribution in [-0.4, -0.2) is 21.0 Å². The number of fused-ring (bicyclic) bond motifs is 1. The summed E-state index contributed by atoms with van der Waals surface area (Å²) in [5, 5.41) is 10.6. The zero-order valence-electron chi connectivity index (χ0n) is 15.3. The molecule has 0 aliphatic heterocycles. The molecule has 28 heavy (non-hydrogen) atoms. The number of rotatable bonds is 5. The number of pyridine rings is 1. The average molecular weight is 390 g/mol. The SMILES string of the molecule is Cc1noc2nc(C3CC3)cc(C(=O)NCc3csc(-c4ccccc4)n3)c12. The van der Waals surface area contributed by atoms with E-state index in [2.05, 4.69) is 20.4 Å². The Kier molecular flexibility index (Phi) is 4.16. The molecular weight excluding hydrogens is 372 g/mol. The van der Waals surface area contributed by atoms with Crippen LogP contribution in [0.3, 0.4) is 0 Å². The van der Waals surface area contributed by atoms with Crippen molar-refractivity contribution >= 4 is 28.3 Å². The lowest BCUT2D eigenvalue weighted by atomic mass is 10.1. The van der Waals surface area contributed by atoms with E-state index in [1.165, 1.54) is 0 Å². The minimum absolute atomic E-state index is 0.158. The molecule has 0 unspecified atom stereocenters. The summed E-state index contributed by atoms with van der Waals surface area (Å²) < 4.78 is 5.32. The van der Waals surface area contributed by atoms with Crippen molar-refractivity contribution in [2.75, 3.05) is 0 Å². The fraction of sp³-hybridized carbons (Fsp3) is 0.238. The summed E-state index contributed by atoms with van der Waals surface area (Å²) in [4.78, 5) is 22.1. The fourth-order valence-electron chi connectivity index (χ4n) is 3.25. The van der Waals surface area contributed by atoms with E-state index < -0.39 is 0 Å². The van der Waals surface area contributed by atoms with Crippen molar-refractivity contribution in [2.24, 2.45) is 0 Å². The van der Waals surface area contributed by atoms with Crippen molar-refractivity contribution in [2.45, 2.75) is 32.2 Å². The van der Waals surface area contributed by atoms with Crippen LogP contribution in [0.25, 0.3) is 21.7 Å². The van der Waals surface area contributed by atoms with Gasteiger partial charge < -0.3 is 9.84 Å². The lowest BCUT2D eigenvalue weighted by molar-refractivity contribution is 0.0952. The van der Waals surface area contributed by atoms with Crippen molar-refractivity contribution in [1.29, 1.82) is 0 Å². The lowest BCUT2D eigenvalue weighted by Crippen LogP contribution is -2.23. The summed E-state index contributed by atoms with van der Waals surface area (Å²) in [6.45, 7) is 2.20. The maximum absolute atomic E-state index is 12.9. The number of nitrogens with zero attached hydrogens (tertiary/aromatic N) is 3. The topological polar surface area (TPSA) is 80.9 Å². The van der Waals surface area contributed by atoms with Crippen molar-refractivity contribution in [3.8, 4) is 10.6 Å². The van der Waals surface area contributed by atoms with Crippen molar-refractivity contribution in [3.05, 3.63) is 64.4 Å². The van der Waals surface area contributed by atoms with Gasteiger partial charge in [0.05, 0.1) is 28.9 Å². The van der Waals surface area contributed by atoms with Crippen molar-refractivity contribution in [1.82, 2.24) is 20.4 Å². The molecule has 0 atom stereocenters. The molecule has 7 heteroatoms. The van der Waals surface area contributed by atoms with Gasteiger partial charge in [-0.05, 0) is 25.8 Å². The van der Waals surface area contributed by atoms with Gasteiger partial charge in [0.15, 0.2) is 0 Å². The van der Waals surface area contributed by atoms with Crippen LogP contribution in [0.15, 0.2) is 46.3 Å². The van der Waals surface area contributed by atoms with E-state index in [1.807, 2.05) is 48.7 Å². The Morgan fingerprint density at radius 1 is 1.25 bits per heavy atom. The molecule has 0 radical (unpaired) electrons. The highest BCUT2D eigenvalue weighted by Crippen LogP contribution is 2.40. The molecule has 1 N–H and O–H groups in total. The first-order chi connectivity index (χ1) is 13.7. The average Bonchev–Trinajstić information content (AvgIpc) is 3.36. The van der Waals surface area contributed by atoms with Crippen molar-refractivity contribution in [3.63, 3.8) is 0 Å². The van der Waals surface area contributed by atoms with Gasteiger partial charge in [0.1, 0.15) is 5.01 Å². The summed E-state index contributed by atoms with van der Waals surface area (Å²) in [5.41, 5.74) is 4.52. The number of aryl methyl sites for hydroxylation is 1. The van der Waals surface area contributed by atoms with E-state index in [9.17, 15) is 4.79 Å². The summed E-state index contributed by atoms with van der Waals surface area (Å²) in [5.74, 6) is 0.267.